The van der Waals surface area contributed by atoms with Crippen LogP contribution in [0.25, 0.3) is 22.2 Å². The SMILES string of the molecule is COc1ncnc2c(NCc3c(F)ccc4c3CCO4)ncc(-c3cc(C)nn3C)c12. The highest BCUT2D eigenvalue weighted by molar-refractivity contribution is 6.01. The average Bonchev–Trinajstić information content (AvgIpc) is 3.38. The van der Waals surface area contributed by atoms with Crippen LogP contribution in [0, 0.1) is 12.7 Å². The molecule has 5 rings (SSSR count). The Morgan fingerprint density at radius 3 is 2.90 bits per heavy atom. The second-order valence-corrected chi connectivity index (χ2v) is 7.38. The van der Waals surface area contributed by atoms with E-state index in [1.807, 2.05) is 20.0 Å². The molecule has 0 amide bonds. The minimum Gasteiger partial charge on any atom is -0.493 e. The van der Waals surface area contributed by atoms with Gasteiger partial charge >= 0.3 is 0 Å². The summed E-state index contributed by atoms with van der Waals surface area (Å²) < 4.78 is 27.4. The highest BCUT2D eigenvalue weighted by Gasteiger charge is 2.21. The number of aromatic nitrogens is 5. The van der Waals surface area contributed by atoms with Gasteiger partial charge in [-0.2, -0.15) is 5.10 Å². The number of hydrogen-bond acceptors (Lipinski definition) is 7. The van der Waals surface area contributed by atoms with E-state index in [1.54, 1.807) is 24.1 Å². The molecule has 0 fully saturated rings. The average molecular weight is 420 g/mol. The lowest BCUT2D eigenvalue weighted by Crippen LogP contribution is -2.08. The molecule has 0 atom stereocenters. The van der Waals surface area contributed by atoms with Gasteiger partial charge in [0, 0.05) is 42.9 Å². The molecule has 8 nitrogen and oxygen atoms in total. The first-order valence-corrected chi connectivity index (χ1v) is 9.92. The predicted octanol–water partition coefficient (Wildman–Crippen LogP) is 3.43. The van der Waals surface area contributed by atoms with Crippen LogP contribution in [0.2, 0.25) is 0 Å². The molecule has 0 radical (unpaired) electrons. The number of hydrogen-bond donors (Lipinski definition) is 1. The minimum absolute atomic E-state index is 0.261. The number of anilines is 1. The Bertz CT molecular complexity index is 1300. The van der Waals surface area contributed by atoms with E-state index in [0.717, 1.165) is 28.3 Å². The summed E-state index contributed by atoms with van der Waals surface area (Å²) >= 11 is 0. The van der Waals surface area contributed by atoms with E-state index in [9.17, 15) is 4.39 Å². The van der Waals surface area contributed by atoms with Crippen molar-refractivity contribution in [3.8, 4) is 22.9 Å². The molecule has 0 spiro atoms. The summed E-state index contributed by atoms with van der Waals surface area (Å²) in [4.78, 5) is 13.3. The lowest BCUT2D eigenvalue weighted by atomic mass is 10.0. The molecule has 9 heteroatoms. The lowest BCUT2D eigenvalue weighted by molar-refractivity contribution is 0.356. The monoisotopic (exact) mass is 420 g/mol. The molecule has 0 aliphatic carbocycles. The Hall–Kier alpha value is -3.75. The largest absolute Gasteiger partial charge is 0.493 e. The van der Waals surface area contributed by atoms with Gasteiger partial charge in [-0.25, -0.2) is 19.3 Å². The summed E-state index contributed by atoms with van der Waals surface area (Å²) in [5.74, 6) is 1.43. The van der Waals surface area contributed by atoms with Crippen molar-refractivity contribution in [1.82, 2.24) is 24.7 Å². The first kappa shape index (κ1) is 19.2. The normalized spacial score (nSPS) is 12.6. The number of rotatable bonds is 5. The maximum atomic E-state index is 14.5. The summed E-state index contributed by atoms with van der Waals surface area (Å²) in [7, 11) is 3.44. The molecule has 0 saturated heterocycles. The van der Waals surface area contributed by atoms with Crippen molar-refractivity contribution in [2.45, 2.75) is 19.9 Å². The van der Waals surface area contributed by atoms with E-state index in [0.29, 0.717) is 41.2 Å². The van der Waals surface area contributed by atoms with Gasteiger partial charge in [0.1, 0.15) is 23.4 Å². The smallest absolute Gasteiger partial charge is 0.225 e. The molecule has 0 unspecified atom stereocenters. The fourth-order valence-corrected chi connectivity index (χ4v) is 4.07. The van der Waals surface area contributed by atoms with Crippen molar-refractivity contribution in [1.29, 1.82) is 0 Å². The Kier molecular flexibility index (Phi) is 4.65. The van der Waals surface area contributed by atoms with Crippen molar-refractivity contribution in [2.24, 2.45) is 7.05 Å². The van der Waals surface area contributed by atoms with E-state index >= 15 is 0 Å². The summed E-state index contributed by atoms with van der Waals surface area (Å²) in [6.45, 7) is 2.76. The zero-order valence-corrected chi connectivity index (χ0v) is 17.4. The standard InChI is InChI=1S/C22H21FN6O2/c1-12-8-17(29(2)28-12)15-10-25-21(20-19(15)22(30-3)27-11-26-20)24-9-14-13-6-7-31-18(13)5-4-16(14)23/h4-5,8,10-11H,6-7,9H2,1-3H3,(H,24,25). The Morgan fingerprint density at radius 2 is 2.13 bits per heavy atom. The number of halogens is 1. The van der Waals surface area contributed by atoms with Gasteiger partial charge in [-0.3, -0.25) is 4.68 Å². The van der Waals surface area contributed by atoms with E-state index in [-0.39, 0.29) is 12.4 Å². The van der Waals surface area contributed by atoms with E-state index < -0.39 is 0 Å². The number of fused-ring (bicyclic) bond motifs is 2. The molecule has 3 aromatic heterocycles. The van der Waals surface area contributed by atoms with Crippen LogP contribution < -0.4 is 14.8 Å². The number of nitrogens with one attached hydrogen (secondary N) is 1. The molecule has 4 aromatic rings. The predicted molar refractivity (Wildman–Crippen MR) is 114 cm³/mol. The Balaban J connectivity index is 1.59. The topological polar surface area (TPSA) is 87.0 Å². The zero-order chi connectivity index (χ0) is 21.5. The van der Waals surface area contributed by atoms with Gasteiger partial charge in [0.2, 0.25) is 5.88 Å². The number of pyridine rings is 1. The zero-order valence-electron chi connectivity index (χ0n) is 17.4. The maximum absolute atomic E-state index is 14.5. The fourth-order valence-electron chi connectivity index (χ4n) is 4.07. The molecule has 1 aromatic carbocycles. The van der Waals surface area contributed by atoms with Crippen molar-refractivity contribution in [3.05, 3.63) is 53.4 Å². The van der Waals surface area contributed by atoms with Crippen LogP contribution >= 0.6 is 0 Å². The number of nitrogens with zero attached hydrogens (tertiary/aromatic N) is 5. The quantitative estimate of drug-likeness (QED) is 0.529. The maximum Gasteiger partial charge on any atom is 0.225 e. The molecule has 158 valence electrons. The van der Waals surface area contributed by atoms with Gasteiger partial charge in [0.25, 0.3) is 0 Å². The van der Waals surface area contributed by atoms with Crippen molar-refractivity contribution in [2.75, 3.05) is 19.0 Å². The van der Waals surface area contributed by atoms with Gasteiger partial charge in [0.05, 0.1) is 30.5 Å². The molecular weight excluding hydrogens is 399 g/mol. The molecule has 1 N–H and O–H groups in total. The lowest BCUT2D eigenvalue weighted by Gasteiger charge is -2.14. The number of methoxy groups -OCH3 is 1. The molecule has 0 bridgehead atoms. The van der Waals surface area contributed by atoms with Crippen LogP contribution in [0.4, 0.5) is 10.2 Å². The number of benzene rings is 1. The first-order valence-electron chi connectivity index (χ1n) is 9.92. The third kappa shape index (κ3) is 3.22. The summed E-state index contributed by atoms with van der Waals surface area (Å²) in [6.07, 6.45) is 3.86. The summed E-state index contributed by atoms with van der Waals surface area (Å²) in [5, 5.41) is 8.39. The van der Waals surface area contributed by atoms with Crippen molar-refractivity contribution < 1.29 is 13.9 Å². The molecule has 1 aliphatic heterocycles. The number of aryl methyl sites for hydroxylation is 2. The van der Waals surface area contributed by atoms with Crippen LogP contribution in [0.15, 0.2) is 30.7 Å². The second kappa shape index (κ2) is 7.50. The Morgan fingerprint density at radius 1 is 1.26 bits per heavy atom. The van der Waals surface area contributed by atoms with Gasteiger partial charge in [0.15, 0.2) is 5.82 Å². The van der Waals surface area contributed by atoms with Gasteiger partial charge in [-0.05, 0) is 25.1 Å². The Labute approximate surface area is 178 Å². The van der Waals surface area contributed by atoms with Crippen LogP contribution in [-0.4, -0.2) is 38.4 Å². The van der Waals surface area contributed by atoms with Gasteiger partial charge in [-0.1, -0.05) is 0 Å². The van der Waals surface area contributed by atoms with E-state index in [2.05, 4.69) is 25.4 Å². The van der Waals surface area contributed by atoms with Gasteiger partial charge in [-0.15, -0.1) is 0 Å². The van der Waals surface area contributed by atoms with E-state index in [1.165, 1.54) is 12.4 Å². The van der Waals surface area contributed by atoms with Crippen LogP contribution in [0.5, 0.6) is 11.6 Å². The third-order valence-corrected chi connectivity index (χ3v) is 5.47. The third-order valence-electron chi connectivity index (χ3n) is 5.47. The van der Waals surface area contributed by atoms with E-state index in [4.69, 9.17) is 9.47 Å². The second-order valence-electron chi connectivity index (χ2n) is 7.38. The molecule has 1 aliphatic rings. The summed E-state index contributed by atoms with van der Waals surface area (Å²) in [6, 6.07) is 5.09. The first-order chi connectivity index (χ1) is 15.1. The highest BCUT2D eigenvalue weighted by Crippen LogP contribution is 2.36. The van der Waals surface area contributed by atoms with Crippen molar-refractivity contribution >= 4 is 16.7 Å². The molecule has 31 heavy (non-hydrogen) atoms. The molecule has 4 heterocycles. The molecule has 0 saturated carbocycles. The number of ether oxygens (including phenoxy) is 2. The van der Waals surface area contributed by atoms with Crippen LogP contribution in [0.1, 0.15) is 16.8 Å². The van der Waals surface area contributed by atoms with Crippen molar-refractivity contribution in [3.63, 3.8) is 0 Å². The summed E-state index contributed by atoms with van der Waals surface area (Å²) in [5.41, 5.74) is 4.63. The van der Waals surface area contributed by atoms with Crippen LogP contribution in [0.3, 0.4) is 0 Å². The highest BCUT2D eigenvalue weighted by atomic mass is 19.1. The van der Waals surface area contributed by atoms with Gasteiger partial charge < -0.3 is 14.8 Å². The van der Waals surface area contributed by atoms with Crippen LogP contribution in [-0.2, 0) is 20.0 Å². The fraction of sp³-hybridized carbons (Fsp3) is 0.273. The minimum atomic E-state index is -0.268. The molecular formula is C22H21FN6O2.